The highest BCUT2D eigenvalue weighted by molar-refractivity contribution is 9.12. The Morgan fingerprint density at radius 1 is 1.08 bits per heavy atom. The quantitative estimate of drug-likeness (QED) is 0.214. The Kier molecular flexibility index (Phi) is 6.94. The Labute approximate surface area is 226 Å². The van der Waals surface area contributed by atoms with E-state index < -0.39 is 52.8 Å². The summed E-state index contributed by atoms with van der Waals surface area (Å²) in [5.74, 6) is -6.77. The van der Waals surface area contributed by atoms with E-state index in [2.05, 4.69) is 15.9 Å². The van der Waals surface area contributed by atoms with Crippen LogP contribution in [0.1, 0.15) is 50.0 Å². The molecule has 8 nitrogen and oxygen atoms in total. The Bertz CT molecular complexity index is 1380. The Hall–Kier alpha value is -3.40. The zero-order valence-corrected chi connectivity index (χ0v) is 21.9. The molecule has 1 fully saturated rings. The number of likely N-dealkylation sites (tertiary alicyclic amines) is 1. The lowest BCUT2D eigenvalue weighted by atomic mass is 9.59. The number of benzene rings is 1. The number of hydrogen-bond acceptors (Lipinski definition) is 6. The standard InChI is InChI=1S/C28H25BrFNO7/c29-18-12-20(32)24-17(25(18)35)11-16-13(22(24)14-5-4-6-19(30)26(14)36)8-9-15-23(16)28(38)31(27(15)37)10-3-1-2-7-21(33)34/h4-6,8,12,15-16,22-23,36H,1-3,7,9-11H2,(H,33,34)/t15-,16+,22+,23-/m0/s1. The number of hydrogen-bond donors (Lipinski definition) is 2. The average Bonchev–Trinajstić information content (AvgIpc) is 3.12. The normalized spacial score (nSPS) is 26.6. The maximum absolute atomic E-state index is 14.4. The molecule has 3 aliphatic carbocycles. The minimum atomic E-state index is -0.929. The first kappa shape index (κ1) is 26.2. The number of carboxylic acid groups (broad SMARTS) is 1. The van der Waals surface area contributed by atoms with Crippen molar-refractivity contribution in [3.63, 3.8) is 0 Å². The lowest BCUT2D eigenvalue weighted by Crippen LogP contribution is -2.39. The minimum Gasteiger partial charge on any atom is -0.505 e. The van der Waals surface area contributed by atoms with Crippen LogP contribution in [0.3, 0.4) is 0 Å². The van der Waals surface area contributed by atoms with E-state index in [1.807, 2.05) is 0 Å². The molecule has 1 aliphatic heterocycles. The number of rotatable bonds is 7. The average molecular weight is 586 g/mol. The number of para-hydroxylation sites is 1. The van der Waals surface area contributed by atoms with Crippen molar-refractivity contribution in [1.82, 2.24) is 4.90 Å². The first-order chi connectivity index (χ1) is 18.1. The number of carbonyl (C=O) groups is 5. The zero-order chi connectivity index (χ0) is 27.3. The summed E-state index contributed by atoms with van der Waals surface area (Å²) in [6, 6.07) is 4.01. The smallest absolute Gasteiger partial charge is 0.303 e. The van der Waals surface area contributed by atoms with Gasteiger partial charge in [-0.2, -0.15) is 0 Å². The van der Waals surface area contributed by atoms with E-state index in [1.54, 1.807) is 6.08 Å². The third-order valence-corrected chi connectivity index (χ3v) is 8.61. The summed E-state index contributed by atoms with van der Waals surface area (Å²) < 4.78 is 14.5. The molecule has 5 rings (SSSR count). The van der Waals surface area contributed by atoms with Crippen LogP contribution in [0.15, 0.2) is 51.6 Å². The number of phenolic OH excluding ortho intramolecular Hbond substituents is 1. The fourth-order valence-corrected chi connectivity index (χ4v) is 6.78. The number of halogens is 2. The minimum absolute atomic E-state index is 0.0189. The largest absolute Gasteiger partial charge is 0.505 e. The van der Waals surface area contributed by atoms with Crippen molar-refractivity contribution in [3.05, 3.63) is 62.9 Å². The predicted octanol–water partition coefficient (Wildman–Crippen LogP) is 3.94. The highest BCUT2D eigenvalue weighted by Crippen LogP contribution is 2.56. The molecule has 2 amide bonds. The number of aromatic hydroxyl groups is 1. The second-order valence-corrected chi connectivity index (χ2v) is 11.0. The Balaban J connectivity index is 1.51. The summed E-state index contributed by atoms with van der Waals surface area (Å²) in [6.07, 6.45) is 4.80. The van der Waals surface area contributed by atoms with Gasteiger partial charge in [0.25, 0.3) is 0 Å². The van der Waals surface area contributed by atoms with Crippen LogP contribution < -0.4 is 0 Å². The van der Waals surface area contributed by atoms with E-state index in [9.17, 15) is 33.5 Å². The number of imide groups is 1. The van der Waals surface area contributed by atoms with E-state index in [4.69, 9.17) is 5.11 Å². The van der Waals surface area contributed by atoms with Gasteiger partial charge in [-0.05, 0) is 53.6 Å². The van der Waals surface area contributed by atoms with Gasteiger partial charge in [0.2, 0.25) is 11.8 Å². The van der Waals surface area contributed by atoms with Crippen molar-refractivity contribution in [2.45, 2.75) is 44.4 Å². The van der Waals surface area contributed by atoms with Crippen LogP contribution in [-0.2, 0) is 24.0 Å². The number of amides is 2. The summed E-state index contributed by atoms with van der Waals surface area (Å²) in [7, 11) is 0. The third kappa shape index (κ3) is 4.24. The lowest BCUT2D eigenvalue weighted by Gasteiger charge is -2.42. The van der Waals surface area contributed by atoms with Crippen molar-refractivity contribution in [2.75, 3.05) is 6.54 Å². The van der Waals surface area contributed by atoms with Crippen LogP contribution in [0.25, 0.3) is 0 Å². The number of phenols is 1. The van der Waals surface area contributed by atoms with E-state index in [0.29, 0.717) is 24.8 Å². The molecule has 0 unspecified atom stereocenters. The van der Waals surface area contributed by atoms with E-state index in [-0.39, 0.29) is 58.8 Å². The molecule has 0 spiro atoms. The molecule has 1 aromatic rings. The van der Waals surface area contributed by atoms with Gasteiger partial charge in [-0.15, -0.1) is 0 Å². The highest BCUT2D eigenvalue weighted by atomic mass is 79.9. The molecule has 1 saturated heterocycles. The molecule has 4 aliphatic rings. The van der Waals surface area contributed by atoms with Crippen LogP contribution in [-0.4, -0.2) is 51.0 Å². The summed E-state index contributed by atoms with van der Waals surface area (Å²) in [4.78, 5) is 65.2. The maximum atomic E-state index is 14.4. The number of allylic oxidation sites excluding steroid dienone is 6. The molecule has 198 valence electrons. The van der Waals surface area contributed by atoms with Gasteiger partial charge in [-0.25, -0.2) is 4.39 Å². The van der Waals surface area contributed by atoms with E-state index in [1.165, 1.54) is 23.1 Å². The van der Waals surface area contributed by atoms with E-state index >= 15 is 0 Å². The fourth-order valence-electron chi connectivity index (χ4n) is 6.34. The van der Waals surface area contributed by atoms with Crippen LogP contribution in [0.2, 0.25) is 0 Å². The first-order valence-corrected chi connectivity index (χ1v) is 13.3. The van der Waals surface area contributed by atoms with Crippen LogP contribution in [0.5, 0.6) is 5.75 Å². The molecule has 0 radical (unpaired) electrons. The second-order valence-electron chi connectivity index (χ2n) is 10.1. The number of aliphatic carboxylic acids is 1. The zero-order valence-electron chi connectivity index (χ0n) is 20.3. The second kappa shape index (κ2) is 10.1. The molecule has 38 heavy (non-hydrogen) atoms. The number of carbonyl (C=O) groups excluding carboxylic acids is 4. The summed E-state index contributed by atoms with van der Waals surface area (Å²) in [5.41, 5.74) is 1.12. The summed E-state index contributed by atoms with van der Waals surface area (Å²) in [6.45, 7) is 0.181. The molecule has 1 aromatic carbocycles. The molecular formula is C28H25BrFNO7. The molecular weight excluding hydrogens is 561 g/mol. The van der Waals surface area contributed by atoms with Crippen molar-refractivity contribution < 1.29 is 38.6 Å². The van der Waals surface area contributed by atoms with Crippen LogP contribution >= 0.6 is 15.9 Å². The van der Waals surface area contributed by atoms with Gasteiger partial charge < -0.3 is 10.2 Å². The van der Waals surface area contributed by atoms with Crippen molar-refractivity contribution in [1.29, 1.82) is 0 Å². The van der Waals surface area contributed by atoms with Crippen molar-refractivity contribution >= 4 is 45.3 Å². The molecule has 1 heterocycles. The van der Waals surface area contributed by atoms with Gasteiger partial charge in [-0.3, -0.25) is 28.9 Å². The molecule has 10 heteroatoms. The SMILES string of the molecule is O=C(O)CCCCCN1C(=O)[C@H]2[C@H](CC=C3[C@H](c4cccc(F)c4O)C4=C(C[C@H]32)C(=O)C(Br)=CC4=O)C1=O. The highest BCUT2D eigenvalue weighted by Gasteiger charge is 2.56. The number of ketones is 2. The van der Waals surface area contributed by atoms with Gasteiger partial charge >= 0.3 is 5.97 Å². The number of fused-ring (bicyclic) bond motifs is 3. The molecule has 0 bridgehead atoms. The molecule has 4 atom stereocenters. The third-order valence-electron chi connectivity index (χ3n) is 8.02. The molecule has 0 aromatic heterocycles. The molecule has 2 N–H and O–H groups in total. The van der Waals surface area contributed by atoms with Crippen LogP contribution in [0.4, 0.5) is 4.39 Å². The predicted molar refractivity (Wildman–Crippen MR) is 135 cm³/mol. The fraction of sp³-hybridized carbons (Fsp3) is 0.393. The van der Waals surface area contributed by atoms with Gasteiger partial charge in [0.05, 0.1) is 16.3 Å². The summed E-state index contributed by atoms with van der Waals surface area (Å²) in [5, 5.41) is 19.4. The topological polar surface area (TPSA) is 129 Å². The van der Waals surface area contributed by atoms with Crippen molar-refractivity contribution in [3.8, 4) is 5.75 Å². The van der Waals surface area contributed by atoms with Gasteiger partial charge in [0.1, 0.15) is 0 Å². The number of unbranched alkanes of at least 4 members (excludes halogenated alkanes) is 2. The van der Waals surface area contributed by atoms with Crippen molar-refractivity contribution in [2.24, 2.45) is 17.8 Å². The lowest BCUT2D eigenvalue weighted by molar-refractivity contribution is -0.141. The monoisotopic (exact) mass is 585 g/mol. The number of carboxylic acids is 1. The Morgan fingerprint density at radius 3 is 2.58 bits per heavy atom. The maximum Gasteiger partial charge on any atom is 0.303 e. The number of nitrogens with zero attached hydrogens (tertiary/aromatic N) is 1. The molecule has 0 saturated carbocycles. The van der Waals surface area contributed by atoms with Gasteiger partial charge in [0.15, 0.2) is 23.1 Å². The van der Waals surface area contributed by atoms with Gasteiger partial charge in [-0.1, -0.05) is 30.2 Å². The number of Topliss-reactive ketones (excluding diaryl/α,β-unsaturated/α-hetero) is 1. The first-order valence-electron chi connectivity index (χ1n) is 12.5. The summed E-state index contributed by atoms with van der Waals surface area (Å²) >= 11 is 3.15. The Morgan fingerprint density at radius 2 is 1.84 bits per heavy atom. The van der Waals surface area contributed by atoms with Gasteiger partial charge in [0, 0.05) is 41.7 Å². The van der Waals surface area contributed by atoms with E-state index in [0.717, 1.165) is 6.07 Å². The van der Waals surface area contributed by atoms with Crippen LogP contribution in [0, 0.1) is 23.6 Å².